The van der Waals surface area contributed by atoms with Crippen molar-refractivity contribution < 1.29 is 14.3 Å². The van der Waals surface area contributed by atoms with Crippen LogP contribution in [0.2, 0.25) is 0 Å². The normalized spacial score (nSPS) is 10.0. The third-order valence-electron chi connectivity index (χ3n) is 1.92. The fourth-order valence-electron chi connectivity index (χ4n) is 1.25. The number of hydrogen-bond acceptors (Lipinski definition) is 3. The van der Waals surface area contributed by atoms with E-state index in [9.17, 15) is 4.79 Å². The molecule has 0 aliphatic rings. The maximum Gasteiger partial charge on any atom is 0.192 e. The Kier molecular flexibility index (Phi) is 4.84. The van der Waals surface area contributed by atoms with Crippen molar-refractivity contribution >= 4 is 5.78 Å². The molecule has 1 rings (SSSR count). The predicted molar refractivity (Wildman–Crippen MR) is 58.4 cm³/mol. The third-order valence-corrected chi connectivity index (χ3v) is 1.92. The van der Waals surface area contributed by atoms with Crippen LogP contribution in [0, 0.1) is 0 Å². The van der Waals surface area contributed by atoms with E-state index < -0.39 is 0 Å². The monoisotopic (exact) mass is 208 g/mol. The molecule has 3 nitrogen and oxygen atoms in total. The first-order valence-electron chi connectivity index (χ1n) is 5.12. The summed E-state index contributed by atoms with van der Waals surface area (Å²) in [5.41, 5.74) is 0.591. The zero-order valence-electron chi connectivity index (χ0n) is 9.16. The lowest BCUT2D eigenvalue weighted by Crippen LogP contribution is -2.10. The van der Waals surface area contributed by atoms with Crippen molar-refractivity contribution in [3.05, 3.63) is 29.8 Å². The summed E-state index contributed by atoms with van der Waals surface area (Å²) in [6, 6.07) is 7.22. The molecule has 15 heavy (non-hydrogen) atoms. The molecule has 0 aromatic heterocycles. The van der Waals surface area contributed by atoms with Crippen molar-refractivity contribution in [2.24, 2.45) is 0 Å². The third kappa shape index (κ3) is 3.36. The minimum Gasteiger partial charge on any atom is -0.493 e. The highest BCUT2D eigenvalue weighted by molar-refractivity contribution is 5.99. The van der Waals surface area contributed by atoms with E-state index in [1.165, 1.54) is 0 Å². The molecule has 0 fully saturated rings. The highest BCUT2D eigenvalue weighted by atomic mass is 16.5. The van der Waals surface area contributed by atoms with Gasteiger partial charge in [-0.2, -0.15) is 0 Å². The predicted octanol–water partition coefficient (Wildman–Crippen LogP) is 2.30. The van der Waals surface area contributed by atoms with Gasteiger partial charge in [-0.15, -0.1) is 0 Å². The minimum absolute atomic E-state index is 0.0408. The molecule has 0 saturated heterocycles. The van der Waals surface area contributed by atoms with E-state index >= 15 is 0 Å². The molecule has 0 bridgehead atoms. The van der Waals surface area contributed by atoms with E-state index in [-0.39, 0.29) is 12.4 Å². The lowest BCUT2D eigenvalue weighted by molar-refractivity contribution is 0.0779. The van der Waals surface area contributed by atoms with E-state index in [1.807, 2.05) is 26.0 Å². The molecule has 0 amide bonds. The molecular weight excluding hydrogens is 192 g/mol. The van der Waals surface area contributed by atoms with Crippen molar-refractivity contribution in [2.45, 2.75) is 13.8 Å². The van der Waals surface area contributed by atoms with Crippen LogP contribution >= 0.6 is 0 Å². The van der Waals surface area contributed by atoms with Crippen LogP contribution in [-0.4, -0.2) is 25.6 Å². The fourth-order valence-corrected chi connectivity index (χ4v) is 1.25. The fraction of sp³-hybridized carbons (Fsp3) is 0.417. The molecule has 82 valence electrons. The Morgan fingerprint density at radius 3 is 2.60 bits per heavy atom. The molecule has 0 aliphatic heterocycles. The van der Waals surface area contributed by atoms with Gasteiger partial charge < -0.3 is 9.47 Å². The zero-order valence-corrected chi connectivity index (χ0v) is 9.16. The molecule has 0 spiro atoms. The Morgan fingerprint density at radius 2 is 1.93 bits per heavy atom. The molecule has 0 atom stereocenters. The van der Waals surface area contributed by atoms with E-state index in [4.69, 9.17) is 9.47 Å². The first-order valence-corrected chi connectivity index (χ1v) is 5.12. The summed E-state index contributed by atoms with van der Waals surface area (Å²) in [6.45, 7) is 4.97. The Hall–Kier alpha value is -1.35. The minimum atomic E-state index is -0.0408. The van der Waals surface area contributed by atoms with Crippen molar-refractivity contribution in [1.82, 2.24) is 0 Å². The molecule has 1 aromatic carbocycles. The van der Waals surface area contributed by atoms with Crippen molar-refractivity contribution in [3.63, 3.8) is 0 Å². The molecule has 1 aromatic rings. The van der Waals surface area contributed by atoms with Gasteiger partial charge in [0.1, 0.15) is 12.4 Å². The van der Waals surface area contributed by atoms with Gasteiger partial charge >= 0.3 is 0 Å². The summed E-state index contributed by atoms with van der Waals surface area (Å²) in [5.74, 6) is 0.589. The first-order chi connectivity index (χ1) is 7.29. The summed E-state index contributed by atoms with van der Waals surface area (Å²) in [6.07, 6.45) is 0. The number of carbonyl (C=O) groups is 1. The smallest absolute Gasteiger partial charge is 0.192 e. The van der Waals surface area contributed by atoms with E-state index in [0.29, 0.717) is 24.5 Å². The quantitative estimate of drug-likeness (QED) is 0.673. The second kappa shape index (κ2) is 6.19. The number of carbonyl (C=O) groups excluding carboxylic acids is 1. The lowest BCUT2D eigenvalue weighted by Gasteiger charge is -2.08. The van der Waals surface area contributed by atoms with Crippen LogP contribution in [0.1, 0.15) is 24.2 Å². The number of ketones is 1. The number of ether oxygens (including phenoxy) is 2. The Morgan fingerprint density at radius 1 is 1.20 bits per heavy atom. The largest absolute Gasteiger partial charge is 0.493 e. The van der Waals surface area contributed by atoms with Gasteiger partial charge in [0.05, 0.1) is 12.2 Å². The van der Waals surface area contributed by atoms with Gasteiger partial charge in [0.2, 0.25) is 0 Å². The van der Waals surface area contributed by atoms with Gasteiger partial charge in [0, 0.05) is 6.61 Å². The molecule has 0 unspecified atom stereocenters. The van der Waals surface area contributed by atoms with Crippen LogP contribution in [-0.2, 0) is 4.74 Å². The molecule has 0 aliphatic carbocycles. The Bertz CT molecular complexity index is 320. The molecule has 3 heteroatoms. The summed E-state index contributed by atoms with van der Waals surface area (Å²) < 4.78 is 10.4. The molecule has 0 heterocycles. The van der Waals surface area contributed by atoms with Crippen LogP contribution < -0.4 is 4.74 Å². The maximum atomic E-state index is 11.7. The van der Waals surface area contributed by atoms with Gasteiger partial charge in [-0.1, -0.05) is 12.1 Å². The van der Waals surface area contributed by atoms with Crippen LogP contribution in [0.5, 0.6) is 5.75 Å². The first kappa shape index (κ1) is 11.7. The molecule has 0 saturated carbocycles. The number of Topliss-reactive ketones (excluding diaryl/α,β-unsaturated/α-hetero) is 1. The van der Waals surface area contributed by atoms with Crippen molar-refractivity contribution in [3.8, 4) is 5.75 Å². The van der Waals surface area contributed by atoms with Gasteiger partial charge in [-0.05, 0) is 26.0 Å². The second-order valence-corrected chi connectivity index (χ2v) is 2.99. The average molecular weight is 208 g/mol. The second-order valence-electron chi connectivity index (χ2n) is 2.99. The summed E-state index contributed by atoms with van der Waals surface area (Å²) in [4.78, 5) is 11.7. The summed E-state index contributed by atoms with van der Waals surface area (Å²) in [5, 5.41) is 0. The van der Waals surface area contributed by atoms with Crippen LogP contribution in [0.15, 0.2) is 24.3 Å². The SMILES string of the molecule is CCOCC(=O)c1ccccc1OCC. The standard InChI is InChI=1S/C12H16O3/c1-3-14-9-11(13)10-7-5-6-8-12(10)15-4-2/h5-8H,3-4,9H2,1-2H3. The number of benzene rings is 1. The summed E-state index contributed by atoms with van der Waals surface area (Å²) >= 11 is 0. The van der Waals surface area contributed by atoms with Gasteiger partial charge in [0.15, 0.2) is 5.78 Å². The molecule has 0 radical (unpaired) electrons. The van der Waals surface area contributed by atoms with Gasteiger partial charge in [-0.3, -0.25) is 4.79 Å². The molecular formula is C12H16O3. The Labute approximate surface area is 90.0 Å². The maximum absolute atomic E-state index is 11.7. The van der Waals surface area contributed by atoms with Crippen LogP contribution in [0.25, 0.3) is 0 Å². The topological polar surface area (TPSA) is 35.5 Å². The highest BCUT2D eigenvalue weighted by Gasteiger charge is 2.11. The van der Waals surface area contributed by atoms with Crippen molar-refractivity contribution in [1.29, 1.82) is 0 Å². The number of rotatable bonds is 6. The van der Waals surface area contributed by atoms with E-state index in [1.54, 1.807) is 12.1 Å². The van der Waals surface area contributed by atoms with Crippen LogP contribution in [0.4, 0.5) is 0 Å². The van der Waals surface area contributed by atoms with Crippen LogP contribution in [0.3, 0.4) is 0 Å². The summed E-state index contributed by atoms with van der Waals surface area (Å²) in [7, 11) is 0. The van der Waals surface area contributed by atoms with E-state index in [0.717, 1.165) is 0 Å². The molecule has 0 N–H and O–H groups in total. The van der Waals surface area contributed by atoms with Gasteiger partial charge in [0.25, 0.3) is 0 Å². The lowest BCUT2D eigenvalue weighted by atomic mass is 10.1. The Balaban J connectivity index is 2.77. The number of hydrogen-bond donors (Lipinski definition) is 0. The van der Waals surface area contributed by atoms with E-state index in [2.05, 4.69) is 0 Å². The zero-order chi connectivity index (χ0) is 11.1. The number of para-hydroxylation sites is 1. The highest BCUT2D eigenvalue weighted by Crippen LogP contribution is 2.18. The van der Waals surface area contributed by atoms with Crippen molar-refractivity contribution in [2.75, 3.05) is 19.8 Å². The van der Waals surface area contributed by atoms with Gasteiger partial charge in [-0.25, -0.2) is 0 Å². The average Bonchev–Trinajstić information content (AvgIpc) is 2.27.